The number of primary amides is 1. The van der Waals surface area contributed by atoms with Gasteiger partial charge in [-0.2, -0.15) is 0 Å². The average Bonchev–Trinajstić information content (AvgIpc) is 3.16. The van der Waals surface area contributed by atoms with Gasteiger partial charge in [0, 0.05) is 19.6 Å². The third kappa shape index (κ3) is 7.11. The molecule has 2 fully saturated rings. The number of hydrogen-bond acceptors (Lipinski definition) is 6. The lowest BCUT2D eigenvalue weighted by molar-refractivity contribution is -0.144. The first kappa shape index (κ1) is 33.0. The van der Waals surface area contributed by atoms with Crippen molar-refractivity contribution >= 4 is 35.4 Å². The highest BCUT2D eigenvalue weighted by molar-refractivity contribution is 6.36. The number of likely N-dealkylation sites (tertiary alicyclic amines) is 1. The van der Waals surface area contributed by atoms with E-state index in [0.717, 1.165) is 6.42 Å². The number of ketones is 1. The molecular formula is C28H48N6O6. The minimum absolute atomic E-state index is 0.0568. The Balaban J connectivity index is 2.30. The first-order chi connectivity index (χ1) is 18.2. The minimum atomic E-state index is -1.15. The molecule has 0 spiro atoms. The van der Waals surface area contributed by atoms with Crippen LogP contribution in [0.1, 0.15) is 68.7 Å². The van der Waals surface area contributed by atoms with Gasteiger partial charge in [0.2, 0.25) is 23.5 Å². The molecule has 0 aromatic rings. The number of Topliss-reactive ketones (excluding diaryl/α,β-unsaturated/α-hetero) is 1. The predicted molar refractivity (Wildman–Crippen MR) is 150 cm³/mol. The number of nitrogens with zero attached hydrogens (tertiary/aromatic N) is 2. The zero-order valence-electron chi connectivity index (χ0n) is 25.6. The molecule has 6 amide bonds. The number of nitrogens with two attached hydrogens (primary N) is 1. The molecule has 0 aromatic carbocycles. The molecule has 0 radical (unpaired) electrons. The van der Waals surface area contributed by atoms with Crippen LogP contribution in [0.25, 0.3) is 0 Å². The van der Waals surface area contributed by atoms with Crippen LogP contribution in [0.2, 0.25) is 0 Å². The Morgan fingerprint density at radius 2 is 1.60 bits per heavy atom. The molecule has 5 N–H and O–H groups in total. The second-order valence-corrected chi connectivity index (χ2v) is 13.6. The Kier molecular flexibility index (Phi) is 10.0. The summed E-state index contributed by atoms with van der Waals surface area (Å²) >= 11 is 0. The zero-order valence-corrected chi connectivity index (χ0v) is 25.6. The summed E-state index contributed by atoms with van der Waals surface area (Å²) in [6, 6.07) is -3.40. The van der Waals surface area contributed by atoms with Gasteiger partial charge >= 0.3 is 6.03 Å². The molecule has 1 saturated carbocycles. The Morgan fingerprint density at radius 1 is 1.02 bits per heavy atom. The maximum Gasteiger partial charge on any atom is 0.316 e. The number of urea groups is 1. The van der Waals surface area contributed by atoms with Gasteiger partial charge in [-0.25, -0.2) is 4.79 Å². The molecule has 2 aliphatic rings. The monoisotopic (exact) mass is 564 g/mol. The van der Waals surface area contributed by atoms with E-state index in [4.69, 9.17) is 5.73 Å². The lowest BCUT2D eigenvalue weighted by atomic mass is 9.55. The highest BCUT2D eigenvalue weighted by Gasteiger charge is 2.61. The number of nitrogens with one attached hydrogen (secondary N) is 3. The van der Waals surface area contributed by atoms with Crippen LogP contribution in [0.15, 0.2) is 0 Å². The molecular weight excluding hydrogens is 516 g/mol. The predicted octanol–water partition coefficient (Wildman–Crippen LogP) is 0.635. The molecule has 12 heteroatoms. The van der Waals surface area contributed by atoms with Crippen molar-refractivity contribution in [3.8, 4) is 0 Å². The van der Waals surface area contributed by atoms with E-state index in [1.54, 1.807) is 11.9 Å². The Bertz CT molecular complexity index is 1030. The van der Waals surface area contributed by atoms with Gasteiger partial charge in [-0.05, 0) is 48.9 Å². The fourth-order valence-electron chi connectivity index (χ4n) is 5.85. The van der Waals surface area contributed by atoms with E-state index >= 15 is 0 Å². The van der Waals surface area contributed by atoms with Gasteiger partial charge in [-0.3, -0.25) is 24.0 Å². The molecule has 0 aromatic heterocycles. The zero-order chi connectivity index (χ0) is 30.9. The van der Waals surface area contributed by atoms with E-state index < -0.39 is 59.6 Å². The smallest absolute Gasteiger partial charge is 0.316 e. The second kappa shape index (κ2) is 12.1. The largest absolute Gasteiger partial charge is 0.363 e. The highest BCUT2D eigenvalue weighted by atomic mass is 16.2. The van der Waals surface area contributed by atoms with Crippen LogP contribution >= 0.6 is 0 Å². The van der Waals surface area contributed by atoms with Gasteiger partial charge in [0.25, 0.3) is 5.91 Å². The molecule has 1 heterocycles. The minimum Gasteiger partial charge on any atom is -0.363 e. The molecule has 0 unspecified atom stereocenters. The van der Waals surface area contributed by atoms with E-state index in [2.05, 4.69) is 16.0 Å². The summed E-state index contributed by atoms with van der Waals surface area (Å²) < 4.78 is 0. The summed E-state index contributed by atoms with van der Waals surface area (Å²) in [5, 5.41) is 8.00. The Labute approximate surface area is 237 Å². The summed E-state index contributed by atoms with van der Waals surface area (Å²) in [6.45, 7) is 16.7. The normalized spacial score (nSPS) is 23.0. The number of amides is 6. The van der Waals surface area contributed by atoms with Crippen LogP contribution in [0.3, 0.4) is 0 Å². The summed E-state index contributed by atoms with van der Waals surface area (Å²) in [5.74, 6) is -3.55. The number of fused-ring (bicyclic) bond motifs is 1. The van der Waals surface area contributed by atoms with E-state index in [0.29, 0.717) is 6.54 Å². The first-order valence-corrected chi connectivity index (χ1v) is 13.9. The molecule has 5 atom stereocenters. The summed E-state index contributed by atoms with van der Waals surface area (Å²) in [5.41, 5.74) is 4.06. The van der Waals surface area contributed by atoms with Crippen LogP contribution in [0, 0.1) is 28.6 Å². The summed E-state index contributed by atoms with van der Waals surface area (Å²) in [6.07, 6.45) is 0.821. The van der Waals surface area contributed by atoms with E-state index in [1.165, 1.54) is 4.90 Å². The van der Waals surface area contributed by atoms with E-state index in [-0.39, 0.29) is 35.1 Å². The summed E-state index contributed by atoms with van der Waals surface area (Å²) in [7, 11) is 1.68. The van der Waals surface area contributed by atoms with Gasteiger partial charge in [0.05, 0.1) is 6.54 Å². The fraction of sp³-hybridized carbons (Fsp3) is 0.786. The van der Waals surface area contributed by atoms with Crippen molar-refractivity contribution < 1.29 is 28.8 Å². The number of carbonyl (C=O) groups is 6. The van der Waals surface area contributed by atoms with Crippen LogP contribution in [-0.2, 0) is 24.0 Å². The van der Waals surface area contributed by atoms with E-state index in [1.807, 2.05) is 62.3 Å². The van der Waals surface area contributed by atoms with Gasteiger partial charge in [-0.15, -0.1) is 0 Å². The number of rotatable bonds is 10. The van der Waals surface area contributed by atoms with Crippen molar-refractivity contribution in [2.24, 2.45) is 34.3 Å². The average molecular weight is 565 g/mol. The van der Waals surface area contributed by atoms with Gasteiger partial charge in [0.1, 0.15) is 18.1 Å². The van der Waals surface area contributed by atoms with Gasteiger partial charge in [0.15, 0.2) is 0 Å². The SMILES string of the molecule is CC(C)[C@H](NC(=O)N[C@H](C(=O)N1C[C@@H]2CC(C)(C)[C@@H]2[C@H]1C(=O)NCC(=O)C(N)=O)C(C)(C)C)C(=O)N(C)C(C)C. The molecule has 1 saturated heterocycles. The number of hydrogen-bond donors (Lipinski definition) is 4. The van der Waals surface area contributed by atoms with Crippen LogP contribution in [-0.4, -0.2) is 89.5 Å². The maximum atomic E-state index is 14.1. The van der Waals surface area contributed by atoms with Gasteiger partial charge in [-0.1, -0.05) is 48.5 Å². The third-order valence-electron chi connectivity index (χ3n) is 8.29. The van der Waals surface area contributed by atoms with Crippen molar-refractivity contribution in [1.82, 2.24) is 25.8 Å². The fourth-order valence-corrected chi connectivity index (χ4v) is 5.85. The van der Waals surface area contributed by atoms with Crippen molar-refractivity contribution in [2.45, 2.75) is 92.9 Å². The quantitative estimate of drug-likeness (QED) is 0.284. The Hall–Kier alpha value is -3.18. The molecule has 40 heavy (non-hydrogen) atoms. The second-order valence-electron chi connectivity index (χ2n) is 13.6. The van der Waals surface area contributed by atoms with E-state index in [9.17, 15) is 28.8 Å². The first-order valence-electron chi connectivity index (χ1n) is 13.9. The number of carbonyl (C=O) groups excluding carboxylic acids is 6. The van der Waals surface area contributed by atoms with Crippen LogP contribution in [0.4, 0.5) is 4.79 Å². The maximum absolute atomic E-state index is 14.1. The number of likely N-dealkylation sites (N-methyl/N-ethyl adjacent to an activating group) is 1. The van der Waals surface area contributed by atoms with Crippen molar-refractivity contribution in [2.75, 3.05) is 20.1 Å². The lowest BCUT2D eigenvalue weighted by Crippen LogP contribution is -2.62. The van der Waals surface area contributed by atoms with Crippen LogP contribution in [0.5, 0.6) is 0 Å². The molecule has 0 bridgehead atoms. The molecule has 1 aliphatic heterocycles. The third-order valence-corrected chi connectivity index (χ3v) is 8.29. The topological polar surface area (TPSA) is 171 Å². The molecule has 226 valence electrons. The summed E-state index contributed by atoms with van der Waals surface area (Å²) in [4.78, 5) is 79.5. The molecule has 1 aliphatic carbocycles. The van der Waals surface area contributed by atoms with Crippen molar-refractivity contribution in [1.29, 1.82) is 0 Å². The molecule has 2 rings (SSSR count). The lowest BCUT2D eigenvalue weighted by Gasteiger charge is -2.49. The van der Waals surface area contributed by atoms with Crippen molar-refractivity contribution in [3.05, 3.63) is 0 Å². The molecule has 12 nitrogen and oxygen atoms in total. The standard InChI is InChI=1S/C28H48N6O6/c1-14(2)19(24(38)33(10)15(3)4)31-26(40)32-21(27(5,6)7)25(39)34-13-16-11-28(8,9)18(16)20(34)23(37)30-12-17(35)22(29)36/h14-16,18-21H,11-13H2,1-10H3,(H2,29,36)(H,30,37)(H2,31,32,40)/t16-,18-,19-,20-,21+/m0/s1. The van der Waals surface area contributed by atoms with Gasteiger partial charge < -0.3 is 31.5 Å². The van der Waals surface area contributed by atoms with Crippen molar-refractivity contribution in [3.63, 3.8) is 0 Å². The highest BCUT2D eigenvalue weighted by Crippen LogP contribution is 2.57. The van der Waals surface area contributed by atoms with Crippen LogP contribution < -0.4 is 21.7 Å². The Morgan fingerprint density at radius 3 is 2.05 bits per heavy atom.